The third-order valence-electron chi connectivity index (χ3n) is 2.98. The highest BCUT2D eigenvalue weighted by Crippen LogP contribution is 2.46. The Morgan fingerprint density at radius 3 is 2.42 bits per heavy atom. The zero-order valence-electron chi connectivity index (χ0n) is 7.87. The van der Waals surface area contributed by atoms with Crippen LogP contribution in [0.2, 0.25) is 0 Å². The van der Waals surface area contributed by atoms with Crippen LogP contribution in [0.15, 0.2) is 0 Å². The van der Waals surface area contributed by atoms with Crippen molar-refractivity contribution in [3.63, 3.8) is 0 Å². The van der Waals surface area contributed by atoms with Gasteiger partial charge in [-0.3, -0.25) is 4.79 Å². The molecular formula is C9H16N2O. The molecule has 1 aliphatic heterocycles. The van der Waals surface area contributed by atoms with Crippen molar-refractivity contribution in [2.45, 2.75) is 32.4 Å². The van der Waals surface area contributed by atoms with Crippen molar-refractivity contribution in [1.82, 2.24) is 4.90 Å². The quantitative estimate of drug-likeness (QED) is 0.561. The van der Waals surface area contributed by atoms with E-state index < -0.39 is 0 Å². The van der Waals surface area contributed by atoms with E-state index >= 15 is 0 Å². The number of likely N-dealkylation sites (tertiary alicyclic amines) is 1. The summed E-state index contributed by atoms with van der Waals surface area (Å²) in [6, 6.07) is 0.163. The minimum atomic E-state index is -0.0236. The average molecular weight is 168 g/mol. The number of hydrogen-bond acceptors (Lipinski definition) is 2. The Hall–Kier alpha value is -0.570. The normalized spacial score (nSPS) is 40.2. The number of carbonyl (C=O) groups excluding carboxylic acids is 1. The van der Waals surface area contributed by atoms with Gasteiger partial charge in [0.15, 0.2) is 0 Å². The summed E-state index contributed by atoms with van der Waals surface area (Å²) >= 11 is 0. The lowest BCUT2D eigenvalue weighted by Crippen LogP contribution is -2.45. The fourth-order valence-corrected chi connectivity index (χ4v) is 2.07. The zero-order chi connectivity index (χ0) is 9.09. The first-order valence-electron chi connectivity index (χ1n) is 4.50. The smallest absolute Gasteiger partial charge is 0.228 e. The molecule has 3 nitrogen and oxygen atoms in total. The molecule has 1 saturated heterocycles. The van der Waals surface area contributed by atoms with Gasteiger partial charge in [0.05, 0.1) is 5.92 Å². The highest BCUT2D eigenvalue weighted by Gasteiger charge is 2.61. The number of hydrogen-bond donors (Lipinski definition) is 1. The van der Waals surface area contributed by atoms with Crippen LogP contribution in [-0.4, -0.2) is 28.9 Å². The minimum Gasteiger partial charge on any atom is -0.337 e. The van der Waals surface area contributed by atoms with E-state index in [1.165, 1.54) is 0 Å². The van der Waals surface area contributed by atoms with Gasteiger partial charge in [-0.05, 0) is 20.8 Å². The number of amides is 1. The van der Waals surface area contributed by atoms with Gasteiger partial charge < -0.3 is 10.6 Å². The Morgan fingerprint density at radius 2 is 2.08 bits per heavy atom. The maximum atomic E-state index is 11.6. The zero-order valence-corrected chi connectivity index (χ0v) is 7.87. The molecule has 3 unspecified atom stereocenters. The fraction of sp³-hybridized carbons (Fsp3) is 0.889. The second-order valence-electron chi connectivity index (χ2n) is 4.89. The maximum Gasteiger partial charge on any atom is 0.228 e. The van der Waals surface area contributed by atoms with Gasteiger partial charge in [-0.1, -0.05) is 0 Å². The number of piperidine rings is 1. The van der Waals surface area contributed by atoms with E-state index in [9.17, 15) is 4.79 Å². The summed E-state index contributed by atoms with van der Waals surface area (Å²) in [5.74, 6) is 0.876. The summed E-state index contributed by atoms with van der Waals surface area (Å²) in [5, 5.41) is 0. The summed E-state index contributed by atoms with van der Waals surface area (Å²) in [6.45, 7) is 7.08. The summed E-state index contributed by atoms with van der Waals surface area (Å²) in [4.78, 5) is 13.6. The Labute approximate surface area is 72.9 Å². The minimum absolute atomic E-state index is 0.0236. The van der Waals surface area contributed by atoms with E-state index in [1.54, 1.807) is 0 Å². The number of nitrogens with zero attached hydrogens (tertiary/aromatic N) is 1. The second kappa shape index (κ2) is 2.02. The molecule has 0 aromatic carbocycles. The molecule has 0 radical (unpaired) electrons. The third kappa shape index (κ3) is 0.891. The van der Waals surface area contributed by atoms with Gasteiger partial charge in [0.1, 0.15) is 0 Å². The summed E-state index contributed by atoms with van der Waals surface area (Å²) in [5.41, 5.74) is 5.70. The molecule has 0 aromatic heterocycles. The van der Waals surface area contributed by atoms with Crippen LogP contribution < -0.4 is 5.73 Å². The lowest BCUT2D eigenvalue weighted by molar-refractivity contribution is -0.134. The molecule has 3 heteroatoms. The Bertz CT molecular complexity index is 231. The third-order valence-corrected chi connectivity index (χ3v) is 2.98. The first kappa shape index (κ1) is 8.05. The molecule has 12 heavy (non-hydrogen) atoms. The molecule has 1 amide bonds. The summed E-state index contributed by atoms with van der Waals surface area (Å²) < 4.78 is 0. The lowest BCUT2D eigenvalue weighted by Gasteiger charge is -2.33. The molecule has 2 N–H and O–H groups in total. The van der Waals surface area contributed by atoms with Crippen molar-refractivity contribution in [2.75, 3.05) is 6.54 Å². The largest absolute Gasteiger partial charge is 0.337 e. The van der Waals surface area contributed by atoms with Crippen molar-refractivity contribution in [3.05, 3.63) is 0 Å². The van der Waals surface area contributed by atoms with Crippen LogP contribution in [0.25, 0.3) is 0 Å². The summed E-state index contributed by atoms with van der Waals surface area (Å²) in [7, 11) is 0. The van der Waals surface area contributed by atoms with E-state index in [1.807, 2.05) is 4.90 Å². The Balaban J connectivity index is 2.12. The van der Waals surface area contributed by atoms with Crippen LogP contribution in [0, 0.1) is 11.8 Å². The monoisotopic (exact) mass is 168 g/mol. The predicted molar refractivity (Wildman–Crippen MR) is 46.4 cm³/mol. The highest BCUT2D eigenvalue weighted by molar-refractivity contribution is 5.86. The van der Waals surface area contributed by atoms with Crippen LogP contribution in [-0.2, 0) is 4.79 Å². The van der Waals surface area contributed by atoms with Gasteiger partial charge in [0.25, 0.3) is 0 Å². The first-order chi connectivity index (χ1) is 5.43. The molecule has 1 aliphatic carbocycles. The van der Waals surface area contributed by atoms with Gasteiger partial charge in [0, 0.05) is 24.0 Å². The van der Waals surface area contributed by atoms with Crippen LogP contribution in [0.1, 0.15) is 20.8 Å². The molecule has 0 bridgehead atoms. The van der Waals surface area contributed by atoms with Gasteiger partial charge in [0.2, 0.25) is 5.91 Å². The molecule has 0 aromatic rings. The van der Waals surface area contributed by atoms with E-state index in [0.717, 1.165) is 6.54 Å². The van der Waals surface area contributed by atoms with Gasteiger partial charge in [-0.2, -0.15) is 0 Å². The van der Waals surface area contributed by atoms with Crippen molar-refractivity contribution in [2.24, 2.45) is 17.6 Å². The van der Waals surface area contributed by atoms with Gasteiger partial charge >= 0.3 is 0 Å². The van der Waals surface area contributed by atoms with Crippen molar-refractivity contribution in [3.8, 4) is 0 Å². The average Bonchev–Trinajstić information content (AvgIpc) is 2.33. The molecule has 1 saturated carbocycles. The highest BCUT2D eigenvalue weighted by atomic mass is 16.2. The van der Waals surface area contributed by atoms with Gasteiger partial charge in [-0.15, -0.1) is 0 Å². The van der Waals surface area contributed by atoms with Crippen molar-refractivity contribution < 1.29 is 4.79 Å². The molecule has 3 atom stereocenters. The van der Waals surface area contributed by atoms with E-state index in [-0.39, 0.29) is 23.4 Å². The predicted octanol–water partition coefficient (Wildman–Crippen LogP) is 0.200. The van der Waals surface area contributed by atoms with E-state index in [4.69, 9.17) is 5.73 Å². The molecule has 2 aliphatic rings. The topological polar surface area (TPSA) is 46.3 Å². The first-order valence-corrected chi connectivity index (χ1v) is 4.50. The Morgan fingerprint density at radius 1 is 1.50 bits per heavy atom. The van der Waals surface area contributed by atoms with Crippen molar-refractivity contribution >= 4 is 5.91 Å². The van der Waals surface area contributed by atoms with Crippen LogP contribution >= 0.6 is 0 Å². The number of carbonyl (C=O) groups is 1. The molecule has 68 valence electrons. The number of nitrogens with two attached hydrogens (primary N) is 1. The fourth-order valence-electron chi connectivity index (χ4n) is 2.07. The molecule has 1 heterocycles. The van der Waals surface area contributed by atoms with E-state index in [2.05, 4.69) is 20.8 Å². The second-order valence-corrected chi connectivity index (χ2v) is 4.89. The summed E-state index contributed by atoms with van der Waals surface area (Å²) in [6.07, 6.45) is 0. The Kier molecular flexibility index (Phi) is 1.35. The number of rotatable bonds is 0. The molecule has 2 rings (SSSR count). The SMILES string of the molecule is CC(C)(C)N1CC2C(N)C2C1=O. The molecule has 0 spiro atoms. The van der Waals surface area contributed by atoms with Crippen LogP contribution in [0.3, 0.4) is 0 Å². The number of fused-ring (bicyclic) bond motifs is 1. The van der Waals surface area contributed by atoms with E-state index in [0.29, 0.717) is 5.92 Å². The van der Waals surface area contributed by atoms with Crippen LogP contribution in [0.4, 0.5) is 0 Å². The maximum absolute atomic E-state index is 11.6. The van der Waals surface area contributed by atoms with Crippen molar-refractivity contribution in [1.29, 1.82) is 0 Å². The lowest BCUT2D eigenvalue weighted by atomic mass is 10.1. The van der Waals surface area contributed by atoms with Gasteiger partial charge in [-0.25, -0.2) is 0 Å². The van der Waals surface area contributed by atoms with Crippen LogP contribution in [0.5, 0.6) is 0 Å². The molecular weight excluding hydrogens is 152 g/mol. The standard InChI is InChI=1S/C9H16N2O/c1-9(2,3)11-4-5-6(7(5)10)8(11)12/h5-7H,4,10H2,1-3H3. The molecule has 2 fully saturated rings.